The predicted octanol–water partition coefficient (Wildman–Crippen LogP) is 1.16. The summed E-state index contributed by atoms with van der Waals surface area (Å²) >= 11 is 0. The standard InChI is InChI=1S/C15H17FN4O3/c16-10-3-1-4-11(7-10)22-9-13-19-14(23-20-13)8-18-15(21)12-5-2-6-17-12/h1,3-4,7,12,17H,2,5-6,8-9H2,(H,18,21). The molecule has 7 nitrogen and oxygen atoms in total. The Hall–Kier alpha value is -2.48. The number of hydrogen-bond acceptors (Lipinski definition) is 6. The Labute approximate surface area is 132 Å². The van der Waals surface area contributed by atoms with Gasteiger partial charge in [0.2, 0.25) is 17.6 Å². The summed E-state index contributed by atoms with van der Waals surface area (Å²) in [7, 11) is 0. The molecular formula is C15H17FN4O3. The van der Waals surface area contributed by atoms with E-state index in [1.807, 2.05) is 0 Å². The van der Waals surface area contributed by atoms with Crippen molar-refractivity contribution in [3.05, 3.63) is 41.8 Å². The van der Waals surface area contributed by atoms with Crippen LogP contribution in [0.2, 0.25) is 0 Å². The van der Waals surface area contributed by atoms with Gasteiger partial charge in [-0.3, -0.25) is 4.79 Å². The van der Waals surface area contributed by atoms with E-state index in [2.05, 4.69) is 20.8 Å². The number of nitrogens with one attached hydrogen (secondary N) is 2. The third-order valence-electron chi connectivity index (χ3n) is 3.46. The molecule has 0 radical (unpaired) electrons. The third-order valence-corrected chi connectivity index (χ3v) is 3.46. The molecule has 2 N–H and O–H groups in total. The number of carbonyl (C=O) groups excluding carboxylic acids is 1. The van der Waals surface area contributed by atoms with Crippen LogP contribution < -0.4 is 15.4 Å². The van der Waals surface area contributed by atoms with Crippen molar-refractivity contribution in [3.63, 3.8) is 0 Å². The Bertz CT molecular complexity index is 670. The number of halogens is 1. The van der Waals surface area contributed by atoms with Gasteiger partial charge in [-0.15, -0.1) is 0 Å². The van der Waals surface area contributed by atoms with Gasteiger partial charge in [-0.05, 0) is 31.5 Å². The second-order valence-corrected chi connectivity index (χ2v) is 5.22. The third kappa shape index (κ3) is 4.26. The van der Waals surface area contributed by atoms with Gasteiger partial charge < -0.3 is 19.9 Å². The summed E-state index contributed by atoms with van der Waals surface area (Å²) in [6, 6.07) is 5.66. The highest BCUT2D eigenvalue weighted by atomic mass is 19.1. The number of ether oxygens (including phenoxy) is 1. The van der Waals surface area contributed by atoms with E-state index in [-0.39, 0.29) is 30.9 Å². The molecule has 23 heavy (non-hydrogen) atoms. The van der Waals surface area contributed by atoms with Crippen LogP contribution in [0.3, 0.4) is 0 Å². The minimum absolute atomic E-state index is 0.0606. The molecule has 1 aromatic heterocycles. The van der Waals surface area contributed by atoms with Gasteiger partial charge in [0.15, 0.2) is 6.61 Å². The van der Waals surface area contributed by atoms with E-state index in [1.54, 1.807) is 12.1 Å². The monoisotopic (exact) mass is 320 g/mol. The lowest BCUT2D eigenvalue weighted by Crippen LogP contribution is -2.40. The van der Waals surface area contributed by atoms with Crippen molar-refractivity contribution in [2.75, 3.05) is 6.54 Å². The molecule has 0 spiro atoms. The quantitative estimate of drug-likeness (QED) is 0.830. The van der Waals surface area contributed by atoms with Gasteiger partial charge in [-0.2, -0.15) is 4.98 Å². The first-order chi connectivity index (χ1) is 11.2. The molecule has 1 saturated heterocycles. The molecular weight excluding hydrogens is 303 g/mol. The van der Waals surface area contributed by atoms with Crippen LogP contribution in [0.1, 0.15) is 24.6 Å². The average Bonchev–Trinajstić information content (AvgIpc) is 3.22. The minimum atomic E-state index is -0.375. The Morgan fingerprint density at radius 2 is 2.43 bits per heavy atom. The fourth-order valence-corrected chi connectivity index (χ4v) is 2.32. The van der Waals surface area contributed by atoms with E-state index in [0.29, 0.717) is 17.5 Å². The van der Waals surface area contributed by atoms with Crippen LogP contribution in [0.15, 0.2) is 28.8 Å². The topological polar surface area (TPSA) is 89.3 Å². The molecule has 1 aliphatic rings. The largest absolute Gasteiger partial charge is 0.485 e. The zero-order chi connectivity index (χ0) is 16.1. The molecule has 0 aliphatic carbocycles. The minimum Gasteiger partial charge on any atom is -0.485 e. The molecule has 3 rings (SSSR count). The van der Waals surface area contributed by atoms with Gasteiger partial charge >= 0.3 is 0 Å². The van der Waals surface area contributed by atoms with Crippen LogP contribution in [0, 0.1) is 5.82 Å². The van der Waals surface area contributed by atoms with Crippen LogP contribution in [-0.4, -0.2) is 28.6 Å². The Balaban J connectivity index is 1.47. The first kappa shape index (κ1) is 15.4. The van der Waals surface area contributed by atoms with Crippen molar-refractivity contribution in [3.8, 4) is 5.75 Å². The van der Waals surface area contributed by atoms with Gasteiger partial charge in [-0.1, -0.05) is 11.2 Å². The molecule has 0 saturated carbocycles. The van der Waals surface area contributed by atoms with Crippen LogP contribution >= 0.6 is 0 Å². The number of aromatic nitrogens is 2. The van der Waals surface area contributed by atoms with E-state index in [4.69, 9.17) is 9.26 Å². The fraction of sp³-hybridized carbons (Fsp3) is 0.400. The molecule has 1 aliphatic heterocycles. The molecule has 2 heterocycles. The fourth-order valence-electron chi connectivity index (χ4n) is 2.32. The Morgan fingerprint density at radius 1 is 1.52 bits per heavy atom. The maximum absolute atomic E-state index is 13.0. The van der Waals surface area contributed by atoms with Gasteiger partial charge in [0, 0.05) is 6.07 Å². The van der Waals surface area contributed by atoms with E-state index in [9.17, 15) is 9.18 Å². The highest BCUT2D eigenvalue weighted by molar-refractivity contribution is 5.81. The first-order valence-electron chi connectivity index (χ1n) is 7.41. The normalized spacial score (nSPS) is 17.2. The second-order valence-electron chi connectivity index (χ2n) is 5.22. The molecule has 1 unspecified atom stereocenters. The Kier molecular flexibility index (Phi) is 4.82. The first-order valence-corrected chi connectivity index (χ1v) is 7.41. The van der Waals surface area contributed by atoms with Gasteiger partial charge in [0.05, 0.1) is 12.6 Å². The summed E-state index contributed by atoms with van der Waals surface area (Å²) in [5, 5.41) is 9.62. The predicted molar refractivity (Wildman–Crippen MR) is 77.9 cm³/mol. The second kappa shape index (κ2) is 7.19. The van der Waals surface area contributed by atoms with Crippen molar-refractivity contribution in [1.29, 1.82) is 0 Å². The summed E-state index contributed by atoms with van der Waals surface area (Å²) in [5.41, 5.74) is 0. The summed E-state index contributed by atoms with van der Waals surface area (Å²) in [5.74, 6) is 0.571. The molecule has 122 valence electrons. The molecule has 1 amide bonds. The summed E-state index contributed by atoms with van der Waals surface area (Å²) in [6.45, 7) is 1.09. The number of nitrogens with zero attached hydrogens (tertiary/aromatic N) is 2. The van der Waals surface area contributed by atoms with Crippen LogP contribution in [0.5, 0.6) is 5.75 Å². The summed E-state index contributed by atoms with van der Waals surface area (Å²) in [6.07, 6.45) is 1.84. The van der Waals surface area contributed by atoms with Crippen LogP contribution in [-0.2, 0) is 17.9 Å². The SMILES string of the molecule is O=C(NCc1nc(COc2cccc(F)c2)no1)C1CCCN1. The number of rotatable bonds is 6. The smallest absolute Gasteiger partial charge is 0.246 e. The molecule has 2 aromatic rings. The van der Waals surface area contributed by atoms with E-state index < -0.39 is 0 Å². The lowest BCUT2D eigenvalue weighted by molar-refractivity contribution is -0.123. The molecule has 8 heteroatoms. The summed E-state index contributed by atoms with van der Waals surface area (Å²) in [4.78, 5) is 16.0. The van der Waals surface area contributed by atoms with Crippen LogP contribution in [0.25, 0.3) is 0 Å². The summed E-state index contributed by atoms with van der Waals surface area (Å²) < 4.78 is 23.4. The van der Waals surface area contributed by atoms with E-state index >= 15 is 0 Å². The van der Waals surface area contributed by atoms with Crippen molar-refractivity contribution in [1.82, 2.24) is 20.8 Å². The van der Waals surface area contributed by atoms with Gasteiger partial charge in [0.1, 0.15) is 11.6 Å². The lowest BCUT2D eigenvalue weighted by Gasteiger charge is -2.08. The molecule has 0 bridgehead atoms. The van der Waals surface area contributed by atoms with Gasteiger partial charge in [-0.25, -0.2) is 4.39 Å². The Morgan fingerprint density at radius 3 is 3.22 bits per heavy atom. The molecule has 1 aromatic carbocycles. The molecule has 1 atom stereocenters. The maximum Gasteiger partial charge on any atom is 0.246 e. The highest BCUT2D eigenvalue weighted by Gasteiger charge is 2.22. The van der Waals surface area contributed by atoms with Crippen molar-refractivity contribution in [2.45, 2.75) is 32.0 Å². The van der Waals surface area contributed by atoms with E-state index in [1.165, 1.54) is 12.1 Å². The number of carbonyl (C=O) groups is 1. The number of hydrogen-bond donors (Lipinski definition) is 2. The van der Waals surface area contributed by atoms with Crippen LogP contribution in [0.4, 0.5) is 4.39 Å². The van der Waals surface area contributed by atoms with Crippen molar-refractivity contribution in [2.24, 2.45) is 0 Å². The lowest BCUT2D eigenvalue weighted by atomic mass is 10.2. The number of amides is 1. The van der Waals surface area contributed by atoms with Gasteiger partial charge in [0.25, 0.3) is 0 Å². The van der Waals surface area contributed by atoms with E-state index in [0.717, 1.165) is 19.4 Å². The van der Waals surface area contributed by atoms with Crippen molar-refractivity contribution < 1.29 is 18.4 Å². The highest BCUT2D eigenvalue weighted by Crippen LogP contribution is 2.13. The number of benzene rings is 1. The zero-order valence-corrected chi connectivity index (χ0v) is 12.4. The average molecular weight is 320 g/mol. The van der Waals surface area contributed by atoms with Crippen molar-refractivity contribution >= 4 is 5.91 Å². The maximum atomic E-state index is 13.0. The molecule has 1 fully saturated rings. The zero-order valence-electron chi connectivity index (χ0n) is 12.4.